The highest BCUT2D eigenvalue weighted by molar-refractivity contribution is 4.67. The Hall–Kier alpha value is -0.0400. The lowest BCUT2D eigenvalue weighted by atomic mass is 9.97. The summed E-state index contributed by atoms with van der Waals surface area (Å²) in [5.41, 5.74) is 0. The molecule has 0 spiro atoms. The topological polar surface area (TPSA) is 9.23 Å². The van der Waals surface area contributed by atoms with Crippen LogP contribution in [0.2, 0.25) is 0 Å². The Morgan fingerprint density at radius 2 is 1.85 bits per heavy atom. The van der Waals surface area contributed by atoms with Crippen molar-refractivity contribution < 1.29 is 4.74 Å². The largest absolute Gasteiger partial charge is 0.375 e. The van der Waals surface area contributed by atoms with E-state index in [2.05, 4.69) is 13.8 Å². The molecule has 1 aliphatic rings. The van der Waals surface area contributed by atoms with Crippen molar-refractivity contribution >= 4 is 0 Å². The molecule has 1 fully saturated rings. The van der Waals surface area contributed by atoms with Crippen LogP contribution in [0, 0.1) is 0 Å². The summed E-state index contributed by atoms with van der Waals surface area (Å²) in [6.45, 7) is 4.48. The van der Waals surface area contributed by atoms with E-state index in [0.29, 0.717) is 12.2 Å². The monoisotopic (exact) mass is 184 g/mol. The van der Waals surface area contributed by atoms with Gasteiger partial charge in [-0.1, -0.05) is 39.5 Å². The molecule has 1 unspecified atom stereocenters. The van der Waals surface area contributed by atoms with Gasteiger partial charge in [-0.25, -0.2) is 0 Å². The van der Waals surface area contributed by atoms with Gasteiger partial charge in [0.1, 0.15) is 0 Å². The molecule has 1 saturated carbocycles. The first-order valence-corrected chi connectivity index (χ1v) is 6.02. The van der Waals surface area contributed by atoms with Crippen LogP contribution in [0.1, 0.15) is 65.2 Å². The SMILES string of the molecule is CCCC(CC)OC1CCCCC1. The molecule has 0 N–H and O–H groups in total. The molecule has 0 aromatic rings. The first-order chi connectivity index (χ1) is 6.36. The Morgan fingerprint density at radius 3 is 2.38 bits per heavy atom. The fraction of sp³-hybridized carbons (Fsp3) is 1.00. The molecular formula is C12H24O. The highest BCUT2D eigenvalue weighted by Gasteiger charge is 2.17. The van der Waals surface area contributed by atoms with Gasteiger partial charge >= 0.3 is 0 Å². The molecular weight excluding hydrogens is 160 g/mol. The maximum absolute atomic E-state index is 6.08. The summed E-state index contributed by atoms with van der Waals surface area (Å²) in [5.74, 6) is 0. The van der Waals surface area contributed by atoms with E-state index >= 15 is 0 Å². The fourth-order valence-electron chi connectivity index (χ4n) is 2.16. The Bertz CT molecular complexity index is 114. The molecule has 1 atom stereocenters. The lowest BCUT2D eigenvalue weighted by Crippen LogP contribution is -2.23. The summed E-state index contributed by atoms with van der Waals surface area (Å²) < 4.78 is 6.08. The van der Waals surface area contributed by atoms with Crippen LogP contribution in [0.3, 0.4) is 0 Å². The minimum Gasteiger partial charge on any atom is -0.375 e. The molecule has 0 radical (unpaired) electrons. The van der Waals surface area contributed by atoms with E-state index in [4.69, 9.17) is 4.74 Å². The lowest BCUT2D eigenvalue weighted by molar-refractivity contribution is -0.0350. The standard InChI is InChI=1S/C12H24O/c1-3-8-11(4-2)13-12-9-6-5-7-10-12/h11-12H,3-10H2,1-2H3. The summed E-state index contributed by atoms with van der Waals surface area (Å²) in [6.07, 6.45) is 11.6. The van der Waals surface area contributed by atoms with Crippen molar-refractivity contribution in [1.82, 2.24) is 0 Å². The van der Waals surface area contributed by atoms with Crippen LogP contribution < -0.4 is 0 Å². The molecule has 1 heteroatoms. The summed E-state index contributed by atoms with van der Waals surface area (Å²) in [7, 11) is 0. The molecule has 0 saturated heterocycles. The molecule has 1 rings (SSSR count). The predicted molar refractivity (Wildman–Crippen MR) is 56.9 cm³/mol. The summed E-state index contributed by atoms with van der Waals surface area (Å²) in [5, 5.41) is 0. The average Bonchev–Trinajstić information content (AvgIpc) is 2.19. The van der Waals surface area contributed by atoms with Gasteiger partial charge in [0.05, 0.1) is 12.2 Å². The smallest absolute Gasteiger partial charge is 0.0578 e. The van der Waals surface area contributed by atoms with Gasteiger partial charge in [-0.15, -0.1) is 0 Å². The van der Waals surface area contributed by atoms with E-state index in [0.717, 1.165) is 0 Å². The zero-order valence-electron chi connectivity index (χ0n) is 9.22. The van der Waals surface area contributed by atoms with Crippen LogP contribution in [0.4, 0.5) is 0 Å². The first kappa shape index (κ1) is 11.0. The number of ether oxygens (including phenoxy) is 1. The third-order valence-corrected chi connectivity index (χ3v) is 3.00. The molecule has 13 heavy (non-hydrogen) atoms. The molecule has 1 nitrogen and oxygen atoms in total. The van der Waals surface area contributed by atoms with Crippen LogP contribution in [-0.2, 0) is 4.74 Å². The maximum Gasteiger partial charge on any atom is 0.0578 e. The molecule has 0 bridgehead atoms. The highest BCUT2D eigenvalue weighted by Crippen LogP contribution is 2.23. The molecule has 1 aliphatic carbocycles. The number of hydrogen-bond donors (Lipinski definition) is 0. The predicted octanol–water partition coefficient (Wildman–Crippen LogP) is 3.91. The minimum atomic E-state index is 0.535. The van der Waals surface area contributed by atoms with Gasteiger partial charge in [0, 0.05) is 0 Å². The van der Waals surface area contributed by atoms with Crippen LogP contribution in [0.5, 0.6) is 0 Å². The molecule has 78 valence electrons. The van der Waals surface area contributed by atoms with Gasteiger partial charge < -0.3 is 4.74 Å². The molecule has 0 aliphatic heterocycles. The lowest BCUT2D eigenvalue weighted by Gasteiger charge is -2.26. The van der Waals surface area contributed by atoms with Crippen LogP contribution >= 0.6 is 0 Å². The van der Waals surface area contributed by atoms with Crippen molar-refractivity contribution in [1.29, 1.82) is 0 Å². The van der Waals surface area contributed by atoms with E-state index in [1.165, 1.54) is 51.4 Å². The highest BCUT2D eigenvalue weighted by atomic mass is 16.5. The second kappa shape index (κ2) is 6.42. The van der Waals surface area contributed by atoms with E-state index < -0.39 is 0 Å². The van der Waals surface area contributed by atoms with Crippen molar-refractivity contribution in [3.05, 3.63) is 0 Å². The van der Waals surface area contributed by atoms with Gasteiger partial charge in [0.15, 0.2) is 0 Å². The van der Waals surface area contributed by atoms with E-state index in [1.807, 2.05) is 0 Å². The normalized spacial score (nSPS) is 21.7. The Morgan fingerprint density at radius 1 is 1.15 bits per heavy atom. The van der Waals surface area contributed by atoms with Crippen LogP contribution in [-0.4, -0.2) is 12.2 Å². The number of hydrogen-bond acceptors (Lipinski definition) is 1. The minimum absolute atomic E-state index is 0.535. The first-order valence-electron chi connectivity index (χ1n) is 6.02. The van der Waals surface area contributed by atoms with Gasteiger partial charge in [0.2, 0.25) is 0 Å². The van der Waals surface area contributed by atoms with Gasteiger partial charge in [-0.3, -0.25) is 0 Å². The van der Waals surface area contributed by atoms with Crippen molar-refractivity contribution in [2.45, 2.75) is 77.4 Å². The van der Waals surface area contributed by atoms with E-state index in [9.17, 15) is 0 Å². The second-order valence-electron chi connectivity index (χ2n) is 4.22. The molecule has 0 heterocycles. The zero-order valence-corrected chi connectivity index (χ0v) is 9.22. The third kappa shape index (κ3) is 4.12. The van der Waals surface area contributed by atoms with E-state index in [-0.39, 0.29) is 0 Å². The Kier molecular flexibility index (Phi) is 5.45. The molecule has 0 aromatic carbocycles. The Labute approximate surface area is 82.9 Å². The second-order valence-corrected chi connectivity index (χ2v) is 4.22. The van der Waals surface area contributed by atoms with Crippen molar-refractivity contribution in [2.75, 3.05) is 0 Å². The van der Waals surface area contributed by atoms with Gasteiger partial charge in [0.25, 0.3) is 0 Å². The zero-order chi connectivity index (χ0) is 9.52. The van der Waals surface area contributed by atoms with Crippen molar-refractivity contribution in [3.8, 4) is 0 Å². The van der Waals surface area contributed by atoms with Gasteiger partial charge in [-0.05, 0) is 25.7 Å². The molecule has 0 amide bonds. The quantitative estimate of drug-likeness (QED) is 0.629. The third-order valence-electron chi connectivity index (χ3n) is 3.00. The summed E-state index contributed by atoms with van der Waals surface area (Å²) in [6, 6.07) is 0. The maximum atomic E-state index is 6.08. The van der Waals surface area contributed by atoms with Crippen molar-refractivity contribution in [2.24, 2.45) is 0 Å². The summed E-state index contributed by atoms with van der Waals surface area (Å²) >= 11 is 0. The fourth-order valence-corrected chi connectivity index (χ4v) is 2.16. The average molecular weight is 184 g/mol. The van der Waals surface area contributed by atoms with Crippen molar-refractivity contribution in [3.63, 3.8) is 0 Å². The molecule has 0 aromatic heterocycles. The summed E-state index contributed by atoms with van der Waals surface area (Å²) in [4.78, 5) is 0. The number of rotatable bonds is 5. The Balaban J connectivity index is 2.18. The van der Waals surface area contributed by atoms with E-state index in [1.54, 1.807) is 0 Å². The van der Waals surface area contributed by atoms with Crippen LogP contribution in [0.15, 0.2) is 0 Å². The van der Waals surface area contributed by atoms with Crippen LogP contribution in [0.25, 0.3) is 0 Å². The van der Waals surface area contributed by atoms with Gasteiger partial charge in [-0.2, -0.15) is 0 Å².